The number of pyridine rings is 1. The lowest BCUT2D eigenvalue weighted by atomic mass is 10.1. The Kier molecular flexibility index (Phi) is 3.72. The van der Waals surface area contributed by atoms with Crippen LogP contribution in [0.25, 0.3) is 11.0 Å². The normalized spacial score (nSPS) is 12.7. The maximum atomic E-state index is 5.91. The second-order valence-electron chi connectivity index (χ2n) is 4.87. The minimum Gasteiger partial charge on any atom is -0.346 e. The predicted octanol–water partition coefficient (Wildman–Crippen LogP) is 4.07. The van der Waals surface area contributed by atoms with Crippen molar-refractivity contribution in [2.75, 3.05) is 0 Å². The molecule has 0 radical (unpaired) electrons. The van der Waals surface area contributed by atoms with E-state index < -0.39 is 0 Å². The van der Waals surface area contributed by atoms with Crippen molar-refractivity contribution < 1.29 is 0 Å². The van der Waals surface area contributed by atoms with Crippen molar-refractivity contribution in [2.45, 2.75) is 19.5 Å². The molecule has 0 amide bonds. The second-order valence-corrected chi connectivity index (χ2v) is 5.30. The highest BCUT2D eigenvalue weighted by atomic mass is 35.5. The van der Waals surface area contributed by atoms with Crippen molar-refractivity contribution in [1.29, 1.82) is 0 Å². The standard InChI is InChI=1S/C16H16ClN3/c1-11(12-4-6-14(17)7-5-12)19-9-13-10-20-16-15(13)3-2-8-18-16/h2-8,10-11,19H,9H2,1H3,(H,18,20). The molecule has 0 spiro atoms. The van der Waals surface area contributed by atoms with Crippen molar-refractivity contribution in [3.8, 4) is 0 Å². The number of hydrogen-bond acceptors (Lipinski definition) is 2. The van der Waals surface area contributed by atoms with Crippen LogP contribution in [0.1, 0.15) is 24.1 Å². The van der Waals surface area contributed by atoms with Gasteiger partial charge < -0.3 is 10.3 Å². The summed E-state index contributed by atoms with van der Waals surface area (Å²) in [5.74, 6) is 0. The van der Waals surface area contributed by atoms with Crippen LogP contribution in [0.4, 0.5) is 0 Å². The molecule has 1 aromatic carbocycles. The van der Waals surface area contributed by atoms with E-state index in [9.17, 15) is 0 Å². The molecule has 0 bridgehead atoms. The predicted molar refractivity (Wildman–Crippen MR) is 82.8 cm³/mol. The molecular weight excluding hydrogens is 270 g/mol. The smallest absolute Gasteiger partial charge is 0.137 e. The summed E-state index contributed by atoms with van der Waals surface area (Å²) in [5, 5.41) is 5.46. The summed E-state index contributed by atoms with van der Waals surface area (Å²) in [6, 6.07) is 12.3. The van der Waals surface area contributed by atoms with Gasteiger partial charge in [0.25, 0.3) is 0 Å². The van der Waals surface area contributed by atoms with Gasteiger partial charge in [-0.3, -0.25) is 0 Å². The molecule has 3 rings (SSSR count). The van der Waals surface area contributed by atoms with Gasteiger partial charge in [-0.2, -0.15) is 0 Å². The van der Waals surface area contributed by atoms with E-state index in [2.05, 4.69) is 40.4 Å². The highest BCUT2D eigenvalue weighted by molar-refractivity contribution is 6.30. The van der Waals surface area contributed by atoms with Gasteiger partial charge in [0.15, 0.2) is 0 Å². The van der Waals surface area contributed by atoms with E-state index in [0.29, 0.717) is 0 Å². The minimum atomic E-state index is 0.272. The molecule has 0 aliphatic carbocycles. The zero-order valence-corrected chi connectivity index (χ0v) is 12.0. The molecule has 102 valence electrons. The number of H-pyrrole nitrogens is 1. The van der Waals surface area contributed by atoms with Gasteiger partial charge in [0.1, 0.15) is 5.65 Å². The van der Waals surface area contributed by atoms with Gasteiger partial charge in [-0.25, -0.2) is 4.98 Å². The molecule has 2 N–H and O–H groups in total. The number of rotatable bonds is 4. The number of nitrogens with zero attached hydrogens (tertiary/aromatic N) is 1. The quantitative estimate of drug-likeness (QED) is 0.759. The molecule has 1 atom stereocenters. The molecular formula is C16H16ClN3. The Morgan fingerprint density at radius 1 is 1.25 bits per heavy atom. The van der Waals surface area contributed by atoms with Crippen LogP contribution < -0.4 is 5.32 Å². The first-order chi connectivity index (χ1) is 9.74. The van der Waals surface area contributed by atoms with E-state index in [1.807, 2.05) is 24.4 Å². The van der Waals surface area contributed by atoms with Crippen LogP contribution in [-0.4, -0.2) is 9.97 Å². The van der Waals surface area contributed by atoms with Crippen LogP contribution in [0.5, 0.6) is 0 Å². The molecule has 0 aliphatic heterocycles. The SMILES string of the molecule is CC(NCc1c[nH]c2ncccc12)c1ccc(Cl)cc1. The lowest BCUT2D eigenvalue weighted by Gasteiger charge is -2.14. The Labute approximate surface area is 123 Å². The van der Waals surface area contributed by atoms with Gasteiger partial charge in [-0.15, -0.1) is 0 Å². The Morgan fingerprint density at radius 2 is 2.05 bits per heavy atom. The Morgan fingerprint density at radius 3 is 2.85 bits per heavy atom. The Bertz CT molecular complexity index is 703. The Balaban J connectivity index is 1.71. The van der Waals surface area contributed by atoms with Crippen molar-refractivity contribution >= 4 is 22.6 Å². The zero-order chi connectivity index (χ0) is 13.9. The van der Waals surface area contributed by atoms with E-state index in [1.54, 1.807) is 6.20 Å². The third-order valence-corrected chi connectivity index (χ3v) is 3.76. The van der Waals surface area contributed by atoms with Crippen LogP contribution >= 0.6 is 11.6 Å². The summed E-state index contributed by atoms with van der Waals surface area (Å²) in [5.41, 5.74) is 3.39. The number of benzene rings is 1. The molecule has 0 aliphatic rings. The van der Waals surface area contributed by atoms with Crippen molar-refractivity contribution in [2.24, 2.45) is 0 Å². The third kappa shape index (κ3) is 2.69. The average Bonchev–Trinajstić information content (AvgIpc) is 2.89. The number of hydrogen-bond donors (Lipinski definition) is 2. The topological polar surface area (TPSA) is 40.7 Å². The summed E-state index contributed by atoms with van der Waals surface area (Å²) < 4.78 is 0. The molecule has 2 aromatic heterocycles. The highest BCUT2D eigenvalue weighted by Gasteiger charge is 2.07. The first-order valence-corrected chi connectivity index (χ1v) is 7.01. The van der Waals surface area contributed by atoms with Crippen LogP contribution in [0.15, 0.2) is 48.8 Å². The first-order valence-electron chi connectivity index (χ1n) is 6.64. The number of fused-ring (bicyclic) bond motifs is 1. The van der Waals surface area contributed by atoms with Crippen molar-refractivity contribution in [1.82, 2.24) is 15.3 Å². The summed E-state index contributed by atoms with van der Waals surface area (Å²) >= 11 is 5.91. The van der Waals surface area contributed by atoms with Gasteiger partial charge in [-0.05, 0) is 42.3 Å². The van der Waals surface area contributed by atoms with Crippen LogP contribution in [-0.2, 0) is 6.54 Å². The molecule has 0 fully saturated rings. The number of aromatic amines is 1. The lowest BCUT2D eigenvalue weighted by molar-refractivity contribution is 0.576. The van der Waals surface area contributed by atoms with Crippen LogP contribution in [0.2, 0.25) is 5.02 Å². The fraction of sp³-hybridized carbons (Fsp3) is 0.188. The van der Waals surface area contributed by atoms with Crippen molar-refractivity contribution in [3.05, 3.63) is 64.9 Å². The maximum Gasteiger partial charge on any atom is 0.137 e. The van der Waals surface area contributed by atoms with Gasteiger partial charge in [-0.1, -0.05) is 23.7 Å². The van der Waals surface area contributed by atoms with Crippen LogP contribution in [0.3, 0.4) is 0 Å². The van der Waals surface area contributed by atoms with E-state index in [0.717, 1.165) is 17.2 Å². The number of aromatic nitrogens is 2. The second kappa shape index (κ2) is 5.65. The van der Waals surface area contributed by atoms with Crippen LogP contribution in [0, 0.1) is 0 Å². The van der Waals surface area contributed by atoms with Gasteiger partial charge in [0.2, 0.25) is 0 Å². The Hall–Kier alpha value is -1.84. The molecule has 3 nitrogen and oxygen atoms in total. The number of halogens is 1. The molecule has 0 saturated carbocycles. The van der Waals surface area contributed by atoms with Crippen molar-refractivity contribution in [3.63, 3.8) is 0 Å². The maximum absolute atomic E-state index is 5.91. The largest absolute Gasteiger partial charge is 0.346 e. The summed E-state index contributed by atoms with van der Waals surface area (Å²) in [4.78, 5) is 7.49. The van der Waals surface area contributed by atoms with E-state index >= 15 is 0 Å². The molecule has 4 heteroatoms. The van der Waals surface area contributed by atoms with Gasteiger partial charge in [0, 0.05) is 35.4 Å². The molecule has 1 unspecified atom stereocenters. The monoisotopic (exact) mass is 285 g/mol. The summed E-state index contributed by atoms with van der Waals surface area (Å²) in [6.45, 7) is 2.95. The molecule has 0 saturated heterocycles. The average molecular weight is 286 g/mol. The number of nitrogens with one attached hydrogen (secondary N) is 2. The minimum absolute atomic E-state index is 0.272. The summed E-state index contributed by atoms with van der Waals surface area (Å²) in [6.07, 6.45) is 3.81. The highest BCUT2D eigenvalue weighted by Crippen LogP contribution is 2.19. The first kappa shape index (κ1) is 13.2. The molecule has 2 heterocycles. The van der Waals surface area contributed by atoms with E-state index in [4.69, 9.17) is 11.6 Å². The summed E-state index contributed by atoms with van der Waals surface area (Å²) in [7, 11) is 0. The van der Waals surface area contributed by atoms with E-state index in [-0.39, 0.29) is 6.04 Å². The molecule has 3 aromatic rings. The van der Waals surface area contributed by atoms with Gasteiger partial charge in [0.05, 0.1) is 0 Å². The fourth-order valence-corrected chi connectivity index (χ4v) is 2.42. The fourth-order valence-electron chi connectivity index (χ4n) is 2.29. The van der Waals surface area contributed by atoms with Gasteiger partial charge >= 0.3 is 0 Å². The zero-order valence-electron chi connectivity index (χ0n) is 11.2. The third-order valence-electron chi connectivity index (χ3n) is 3.51. The lowest BCUT2D eigenvalue weighted by Crippen LogP contribution is -2.17. The molecule has 20 heavy (non-hydrogen) atoms. The van der Waals surface area contributed by atoms with E-state index in [1.165, 1.54) is 16.5 Å².